The summed E-state index contributed by atoms with van der Waals surface area (Å²) in [6, 6.07) is 1.15. The minimum atomic E-state index is -4.38. The van der Waals surface area contributed by atoms with Crippen molar-refractivity contribution in [1.29, 1.82) is 0 Å². The molecule has 1 amide bonds. The highest BCUT2D eigenvalue weighted by Gasteiger charge is 2.46. The maximum atomic E-state index is 13.7. The summed E-state index contributed by atoms with van der Waals surface area (Å²) >= 11 is 0. The molecule has 2 N–H and O–H groups in total. The highest BCUT2D eigenvalue weighted by atomic mass is 19.4. The monoisotopic (exact) mass is 438 g/mol. The van der Waals surface area contributed by atoms with E-state index in [1.165, 1.54) is 0 Å². The highest BCUT2D eigenvalue weighted by molar-refractivity contribution is 5.92. The third-order valence-corrected chi connectivity index (χ3v) is 6.32. The maximum Gasteiger partial charge on any atom is 0.410 e. The molecule has 0 bridgehead atoms. The van der Waals surface area contributed by atoms with Crippen molar-refractivity contribution in [3.8, 4) is 0 Å². The summed E-state index contributed by atoms with van der Waals surface area (Å²) in [7, 11) is 0. The molecule has 1 saturated heterocycles. The second-order valence-electron chi connectivity index (χ2n) is 8.81. The van der Waals surface area contributed by atoms with E-state index in [2.05, 4.69) is 20.6 Å². The van der Waals surface area contributed by atoms with Crippen LogP contribution in [0.1, 0.15) is 92.8 Å². The molecule has 2 aliphatic rings. The number of anilines is 1. The van der Waals surface area contributed by atoms with E-state index < -0.39 is 12.2 Å². The van der Waals surface area contributed by atoms with Crippen LogP contribution in [0.4, 0.5) is 19.0 Å². The molecular formula is C21H29F3N6O. The van der Waals surface area contributed by atoms with Crippen LogP contribution in [0.15, 0.2) is 12.1 Å². The van der Waals surface area contributed by atoms with Gasteiger partial charge in [0.1, 0.15) is 11.5 Å². The molecule has 0 aliphatic carbocycles. The average Bonchev–Trinajstić information content (AvgIpc) is 3.39. The number of hydrogen-bond donors (Lipinski definition) is 2. The molecule has 2 aromatic heterocycles. The predicted octanol–water partition coefficient (Wildman–Crippen LogP) is 4.79. The Morgan fingerprint density at radius 1 is 1.29 bits per heavy atom. The number of nitrogens with zero attached hydrogens (tertiary/aromatic N) is 4. The largest absolute Gasteiger partial charge is 0.410 e. The highest BCUT2D eigenvalue weighted by Crippen LogP contribution is 2.42. The molecular weight excluding hydrogens is 409 g/mol. The lowest BCUT2D eigenvalue weighted by Crippen LogP contribution is -2.40. The zero-order valence-electron chi connectivity index (χ0n) is 18.0. The van der Waals surface area contributed by atoms with Crippen molar-refractivity contribution >= 4 is 11.7 Å². The van der Waals surface area contributed by atoms with Crippen LogP contribution in [-0.4, -0.2) is 49.5 Å². The number of likely N-dealkylation sites (tertiary alicyclic amines) is 1. The van der Waals surface area contributed by atoms with Crippen molar-refractivity contribution in [3.05, 3.63) is 29.2 Å². The van der Waals surface area contributed by atoms with Crippen molar-refractivity contribution < 1.29 is 18.0 Å². The van der Waals surface area contributed by atoms with Gasteiger partial charge in [-0.2, -0.15) is 23.4 Å². The molecule has 1 fully saturated rings. The first kappa shape index (κ1) is 21.7. The molecule has 7 nitrogen and oxygen atoms in total. The van der Waals surface area contributed by atoms with Crippen molar-refractivity contribution in [3.63, 3.8) is 0 Å². The Balaban J connectivity index is 1.64. The van der Waals surface area contributed by atoms with Gasteiger partial charge in [0, 0.05) is 24.3 Å². The van der Waals surface area contributed by atoms with E-state index >= 15 is 0 Å². The average molecular weight is 438 g/mol. The number of carbonyl (C=O) groups excluding carboxylic acids is 1. The van der Waals surface area contributed by atoms with Gasteiger partial charge in [0.2, 0.25) is 0 Å². The van der Waals surface area contributed by atoms with E-state index in [-0.39, 0.29) is 30.3 Å². The number of H-pyrrole nitrogens is 1. The van der Waals surface area contributed by atoms with Crippen LogP contribution < -0.4 is 5.32 Å². The van der Waals surface area contributed by atoms with Gasteiger partial charge in [0.05, 0.1) is 11.7 Å². The summed E-state index contributed by atoms with van der Waals surface area (Å²) in [6.07, 6.45) is -1.43. The fraction of sp³-hybridized carbons (Fsp3) is 0.667. The maximum absolute atomic E-state index is 13.7. The summed E-state index contributed by atoms with van der Waals surface area (Å²) in [6.45, 7) is 6.42. The lowest BCUT2D eigenvalue weighted by molar-refractivity contribution is -0.173. The third kappa shape index (κ3) is 4.16. The molecule has 1 unspecified atom stereocenters. The van der Waals surface area contributed by atoms with Gasteiger partial charge in [0.15, 0.2) is 6.04 Å². The quantitative estimate of drug-likeness (QED) is 0.719. The van der Waals surface area contributed by atoms with E-state index in [0.717, 1.165) is 23.2 Å². The minimum Gasteiger partial charge on any atom is -0.367 e. The molecule has 0 radical (unpaired) electrons. The standard InChI is InChI=1S/C21H29F3N6O/c1-4-13-9-18(21(22,23)24)30-19(25-13)11-15(28-30)17-7-5-6-8-29(17)20(31)16-10-14(12(2)3)26-27-16/h10-13,17-18,25H,4-9H2,1-3H3,(H,26,27)/t13-,17?,18-/m1/s1. The molecule has 0 saturated carbocycles. The number of rotatable bonds is 4. The van der Waals surface area contributed by atoms with Crippen molar-refractivity contribution in [2.24, 2.45) is 0 Å². The minimum absolute atomic E-state index is 0.0489. The number of carbonyl (C=O) groups is 1. The topological polar surface area (TPSA) is 78.8 Å². The van der Waals surface area contributed by atoms with Gasteiger partial charge in [-0.1, -0.05) is 20.8 Å². The van der Waals surface area contributed by atoms with Crippen LogP contribution in [0.25, 0.3) is 0 Å². The van der Waals surface area contributed by atoms with Gasteiger partial charge in [-0.25, -0.2) is 4.68 Å². The number of halogens is 3. The Labute approximate surface area is 179 Å². The van der Waals surface area contributed by atoms with Crippen LogP contribution >= 0.6 is 0 Å². The molecule has 170 valence electrons. The van der Waals surface area contributed by atoms with Gasteiger partial charge in [0.25, 0.3) is 5.91 Å². The van der Waals surface area contributed by atoms with E-state index in [4.69, 9.17) is 0 Å². The number of hydrogen-bond acceptors (Lipinski definition) is 4. The third-order valence-electron chi connectivity index (χ3n) is 6.32. The van der Waals surface area contributed by atoms with E-state index in [9.17, 15) is 18.0 Å². The Kier molecular flexibility index (Phi) is 5.74. The van der Waals surface area contributed by atoms with E-state index in [1.807, 2.05) is 20.8 Å². The number of piperidine rings is 1. The summed E-state index contributed by atoms with van der Waals surface area (Å²) < 4.78 is 42.2. The molecule has 2 aliphatic heterocycles. The van der Waals surface area contributed by atoms with Crippen molar-refractivity contribution in [1.82, 2.24) is 24.9 Å². The lowest BCUT2D eigenvalue weighted by Gasteiger charge is -2.34. The first-order valence-electron chi connectivity index (χ1n) is 11.0. The Bertz CT molecular complexity index is 934. The Hall–Kier alpha value is -2.52. The fourth-order valence-electron chi connectivity index (χ4n) is 4.47. The van der Waals surface area contributed by atoms with Crippen LogP contribution in [0, 0.1) is 0 Å². The molecule has 31 heavy (non-hydrogen) atoms. The van der Waals surface area contributed by atoms with Crippen LogP contribution in [0.2, 0.25) is 0 Å². The number of nitrogens with one attached hydrogen (secondary N) is 2. The molecule has 4 rings (SSSR count). The zero-order valence-corrected chi connectivity index (χ0v) is 18.0. The lowest BCUT2D eigenvalue weighted by atomic mass is 9.98. The first-order chi connectivity index (χ1) is 14.7. The summed E-state index contributed by atoms with van der Waals surface area (Å²) in [5, 5.41) is 14.6. The summed E-state index contributed by atoms with van der Waals surface area (Å²) in [4.78, 5) is 14.9. The van der Waals surface area contributed by atoms with Gasteiger partial charge < -0.3 is 10.2 Å². The zero-order chi connectivity index (χ0) is 22.3. The number of aromatic nitrogens is 4. The molecule has 10 heteroatoms. The number of aromatic amines is 1. The molecule has 2 aromatic rings. The summed E-state index contributed by atoms with van der Waals surface area (Å²) in [5.74, 6) is 0.365. The van der Waals surface area contributed by atoms with E-state index in [0.29, 0.717) is 36.6 Å². The Morgan fingerprint density at radius 2 is 2.06 bits per heavy atom. The Morgan fingerprint density at radius 3 is 2.71 bits per heavy atom. The smallest absolute Gasteiger partial charge is 0.367 e. The second-order valence-corrected chi connectivity index (χ2v) is 8.81. The van der Waals surface area contributed by atoms with Gasteiger partial charge in [-0.05, 0) is 44.1 Å². The molecule has 4 heterocycles. The second kappa shape index (κ2) is 8.20. The molecule has 0 aromatic carbocycles. The van der Waals surface area contributed by atoms with Crippen molar-refractivity contribution in [2.75, 3.05) is 11.9 Å². The fourth-order valence-corrected chi connectivity index (χ4v) is 4.47. The number of alkyl halides is 3. The van der Waals surface area contributed by atoms with Crippen LogP contribution in [-0.2, 0) is 0 Å². The normalized spacial score (nSPS) is 24.2. The number of fused-ring (bicyclic) bond motifs is 1. The van der Waals surface area contributed by atoms with E-state index in [1.54, 1.807) is 17.0 Å². The SMILES string of the molecule is CC[C@@H]1C[C@H](C(F)(F)F)n2nc(C3CCCCN3C(=O)c3cc(C(C)C)[nH]n3)cc2N1. The van der Waals surface area contributed by atoms with Crippen molar-refractivity contribution in [2.45, 2.75) is 83.1 Å². The number of amides is 1. The molecule has 0 spiro atoms. The first-order valence-corrected chi connectivity index (χ1v) is 11.0. The molecule has 3 atom stereocenters. The van der Waals surface area contributed by atoms with Gasteiger partial charge in [-0.15, -0.1) is 0 Å². The summed E-state index contributed by atoms with van der Waals surface area (Å²) in [5.41, 5.74) is 1.70. The van der Waals surface area contributed by atoms with Crippen LogP contribution in [0.3, 0.4) is 0 Å². The van der Waals surface area contributed by atoms with Gasteiger partial charge in [-0.3, -0.25) is 9.89 Å². The van der Waals surface area contributed by atoms with Crippen LogP contribution in [0.5, 0.6) is 0 Å². The predicted molar refractivity (Wildman–Crippen MR) is 110 cm³/mol. The van der Waals surface area contributed by atoms with Gasteiger partial charge >= 0.3 is 6.18 Å².